The van der Waals surface area contributed by atoms with Crippen LogP contribution in [0.25, 0.3) is 6.08 Å². The highest BCUT2D eigenvalue weighted by atomic mass is 79.9. The summed E-state index contributed by atoms with van der Waals surface area (Å²) in [6.45, 7) is 0. The van der Waals surface area contributed by atoms with Crippen LogP contribution >= 0.6 is 15.9 Å². The summed E-state index contributed by atoms with van der Waals surface area (Å²) in [5, 5.41) is 0. The lowest BCUT2D eigenvalue weighted by Gasteiger charge is -2.00. The van der Waals surface area contributed by atoms with E-state index in [1.165, 1.54) is 31.2 Å². The maximum absolute atomic E-state index is 3.44. The molecule has 1 aliphatic carbocycles. The van der Waals surface area contributed by atoms with Crippen LogP contribution in [0.15, 0.2) is 34.8 Å². The maximum atomic E-state index is 3.44. The van der Waals surface area contributed by atoms with E-state index in [-0.39, 0.29) is 0 Å². The summed E-state index contributed by atoms with van der Waals surface area (Å²) >= 11 is 3.44. The molecular formula is C13H15Br. The van der Waals surface area contributed by atoms with Crippen molar-refractivity contribution in [3.05, 3.63) is 40.4 Å². The maximum Gasteiger partial charge on any atom is 0.0175 e. The van der Waals surface area contributed by atoms with E-state index in [2.05, 4.69) is 52.3 Å². The molecule has 0 spiro atoms. The second-order valence-corrected chi connectivity index (χ2v) is 4.87. The Morgan fingerprint density at radius 1 is 1.07 bits per heavy atom. The van der Waals surface area contributed by atoms with E-state index in [0.29, 0.717) is 0 Å². The van der Waals surface area contributed by atoms with E-state index in [9.17, 15) is 0 Å². The zero-order chi connectivity index (χ0) is 9.80. The lowest BCUT2D eigenvalue weighted by atomic mass is 10.1. The number of halogens is 1. The predicted molar refractivity (Wildman–Crippen MR) is 65.1 cm³/mol. The van der Waals surface area contributed by atoms with Gasteiger partial charge >= 0.3 is 0 Å². The van der Waals surface area contributed by atoms with Gasteiger partial charge in [-0.05, 0) is 36.5 Å². The molecular weight excluding hydrogens is 236 g/mol. The first-order chi connectivity index (χ1) is 6.84. The van der Waals surface area contributed by atoms with Crippen LogP contribution in [0.3, 0.4) is 0 Å². The Morgan fingerprint density at radius 2 is 1.71 bits per heavy atom. The van der Waals surface area contributed by atoms with Gasteiger partial charge in [0.2, 0.25) is 0 Å². The van der Waals surface area contributed by atoms with Crippen LogP contribution in [0, 0.1) is 5.92 Å². The average Bonchev–Trinajstić information content (AvgIpc) is 2.70. The molecule has 0 nitrogen and oxygen atoms in total. The first-order valence-electron chi connectivity index (χ1n) is 5.28. The molecule has 0 unspecified atom stereocenters. The minimum absolute atomic E-state index is 0.832. The molecule has 1 aliphatic rings. The van der Waals surface area contributed by atoms with Crippen molar-refractivity contribution in [2.45, 2.75) is 25.7 Å². The summed E-state index contributed by atoms with van der Waals surface area (Å²) in [5.41, 5.74) is 1.31. The van der Waals surface area contributed by atoms with Gasteiger partial charge in [-0.25, -0.2) is 0 Å². The summed E-state index contributed by atoms with van der Waals surface area (Å²) in [6.07, 6.45) is 10.2. The fourth-order valence-electron chi connectivity index (χ4n) is 1.97. The molecule has 0 N–H and O–H groups in total. The van der Waals surface area contributed by atoms with Crippen LogP contribution in [0.1, 0.15) is 31.2 Å². The number of hydrogen-bond acceptors (Lipinski definition) is 0. The summed E-state index contributed by atoms with van der Waals surface area (Å²) in [5.74, 6) is 0.832. The Morgan fingerprint density at radius 3 is 2.36 bits per heavy atom. The number of hydrogen-bond donors (Lipinski definition) is 0. The Hall–Kier alpha value is -0.560. The first kappa shape index (κ1) is 9.97. The van der Waals surface area contributed by atoms with Gasteiger partial charge in [-0.2, -0.15) is 0 Å². The second kappa shape index (κ2) is 4.79. The largest absolute Gasteiger partial charge is 0.0808 e. The Kier molecular flexibility index (Phi) is 3.41. The van der Waals surface area contributed by atoms with Crippen molar-refractivity contribution in [2.24, 2.45) is 5.92 Å². The first-order valence-corrected chi connectivity index (χ1v) is 6.08. The van der Waals surface area contributed by atoms with Crippen LogP contribution in [0.5, 0.6) is 0 Å². The highest BCUT2D eigenvalue weighted by Crippen LogP contribution is 2.26. The van der Waals surface area contributed by atoms with E-state index < -0.39 is 0 Å². The molecule has 0 amide bonds. The third kappa shape index (κ3) is 2.71. The Balaban J connectivity index is 1.99. The highest BCUT2D eigenvalue weighted by molar-refractivity contribution is 9.10. The second-order valence-electron chi connectivity index (χ2n) is 3.96. The van der Waals surface area contributed by atoms with Crippen LogP contribution in [0.4, 0.5) is 0 Å². The van der Waals surface area contributed by atoms with Crippen molar-refractivity contribution in [1.29, 1.82) is 0 Å². The predicted octanol–water partition coefficient (Wildman–Crippen LogP) is 4.65. The van der Waals surface area contributed by atoms with Gasteiger partial charge in [0.05, 0.1) is 0 Å². The average molecular weight is 251 g/mol. The van der Waals surface area contributed by atoms with E-state index >= 15 is 0 Å². The van der Waals surface area contributed by atoms with Crippen molar-refractivity contribution in [1.82, 2.24) is 0 Å². The topological polar surface area (TPSA) is 0 Å². The quantitative estimate of drug-likeness (QED) is 0.717. The Labute approximate surface area is 94.2 Å². The van der Waals surface area contributed by atoms with E-state index in [1.54, 1.807) is 0 Å². The van der Waals surface area contributed by atoms with Gasteiger partial charge in [-0.15, -0.1) is 0 Å². The highest BCUT2D eigenvalue weighted by Gasteiger charge is 2.10. The molecule has 1 aromatic rings. The molecule has 0 radical (unpaired) electrons. The van der Waals surface area contributed by atoms with E-state index in [1.807, 2.05) is 0 Å². The van der Waals surface area contributed by atoms with Crippen LogP contribution < -0.4 is 0 Å². The lowest BCUT2D eigenvalue weighted by molar-refractivity contribution is 0.689. The molecule has 1 heteroatoms. The fraction of sp³-hybridized carbons (Fsp3) is 0.385. The monoisotopic (exact) mass is 250 g/mol. The molecule has 1 fully saturated rings. The lowest BCUT2D eigenvalue weighted by Crippen LogP contribution is -1.84. The van der Waals surface area contributed by atoms with E-state index in [0.717, 1.165) is 10.4 Å². The molecule has 0 heterocycles. The summed E-state index contributed by atoms with van der Waals surface area (Å²) in [7, 11) is 0. The van der Waals surface area contributed by atoms with Crippen molar-refractivity contribution in [3.63, 3.8) is 0 Å². The van der Waals surface area contributed by atoms with Gasteiger partial charge in [0.25, 0.3) is 0 Å². The molecule has 1 saturated carbocycles. The minimum Gasteiger partial charge on any atom is -0.0808 e. The van der Waals surface area contributed by atoms with Gasteiger partial charge < -0.3 is 0 Å². The van der Waals surface area contributed by atoms with Gasteiger partial charge in [0, 0.05) is 4.47 Å². The smallest absolute Gasteiger partial charge is 0.0175 e. The van der Waals surface area contributed by atoms with Crippen LogP contribution in [-0.2, 0) is 0 Å². The van der Waals surface area contributed by atoms with Gasteiger partial charge in [0.1, 0.15) is 0 Å². The summed E-state index contributed by atoms with van der Waals surface area (Å²) in [6, 6.07) is 8.48. The molecule has 0 bridgehead atoms. The van der Waals surface area contributed by atoms with Gasteiger partial charge in [-0.3, -0.25) is 0 Å². The zero-order valence-electron chi connectivity index (χ0n) is 8.25. The van der Waals surface area contributed by atoms with Gasteiger partial charge in [-0.1, -0.05) is 53.1 Å². The number of benzene rings is 1. The molecule has 14 heavy (non-hydrogen) atoms. The van der Waals surface area contributed by atoms with E-state index in [4.69, 9.17) is 0 Å². The summed E-state index contributed by atoms with van der Waals surface area (Å²) < 4.78 is 1.15. The molecule has 2 rings (SSSR count). The molecule has 0 aromatic heterocycles. The molecule has 0 saturated heterocycles. The molecule has 1 aromatic carbocycles. The molecule has 0 aliphatic heterocycles. The van der Waals surface area contributed by atoms with Crippen molar-refractivity contribution in [2.75, 3.05) is 0 Å². The molecule has 0 atom stereocenters. The third-order valence-corrected chi connectivity index (χ3v) is 3.36. The normalized spacial score (nSPS) is 18.1. The van der Waals surface area contributed by atoms with Crippen molar-refractivity contribution >= 4 is 22.0 Å². The Bertz CT molecular complexity index is 305. The van der Waals surface area contributed by atoms with Crippen LogP contribution in [-0.4, -0.2) is 0 Å². The zero-order valence-corrected chi connectivity index (χ0v) is 9.83. The van der Waals surface area contributed by atoms with Crippen molar-refractivity contribution < 1.29 is 0 Å². The van der Waals surface area contributed by atoms with Gasteiger partial charge in [0.15, 0.2) is 0 Å². The number of rotatable bonds is 2. The fourth-order valence-corrected chi connectivity index (χ4v) is 2.24. The SMILES string of the molecule is Brc1ccc(/C=C/C2CCCC2)cc1. The molecule has 74 valence electrons. The minimum atomic E-state index is 0.832. The number of allylic oxidation sites excluding steroid dienone is 1. The van der Waals surface area contributed by atoms with Crippen molar-refractivity contribution in [3.8, 4) is 0 Å². The standard InChI is InChI=1S/C13H15Br/c14-13-9-7-12(8-10-13)6-5-11-3-1-2-4-11/h5-11H,1-4H2/b6-5+. The summed E-state index contributed by atoms with van der Waals surface area (Å²) in [4.78, 5) is 0. The van der Waals surface area contributed by atoms with Crippen LogP contribution in [0.2, 0.25) is 0 Å². The third-order valence-electron chi connectivity index (χ3n) is 2.83.